The Labute approximate surface area is 222 Å². The van der Waals surface area contributed by atoms with Crippen molar-refractivity contribution in [2.24, 2.45) is 0 Å². The number of nitriles is 2. The maximum atomic E-state index is 14.0. The van der Waals surface area contributed by atoms with Crippen LogP contribution in [0, 0.1) is 22.7 Å². The fraction of sp³-hybridized carbons (Fsp3) is 0.250. The molecule has 0 aliphatic carbocycles. The smallest absolute Gasteiger partial charge is 0.416 e. The van der Waals surface area contributed by atoms with Crippen molar-refractivity contribution in [3.63, 3.8) is 0 Å². The molecule has 8 nitrogen and oxygen atoms in total. The number of hydrogen-bond acceptors (Lipinski definition) is 6. The Hall–Kier alpha value is -4.58. The quantitative estimate of drug-likeness (QED) is 0.248. The van der Waals surface area contributed by atoms with Gasteiger partial charge in [0.2, 0.25) is 0 Å². The lowest BCUT2D eigenvalue weighted by atomic mass is 9.93. The molecule has 0 radical (unpaired) electrons. The topological polar surface area (TPSA) is 103 Å². The molecule has 4 rings (SSSR count). The van der Waals surface area contributed by atoms with Crippen LogP contribution in [0.4, 0.5) is 23.7 Å². The molecule has 200 valence electrons. The number of hydrogen-bond donors (Lipinski definition) is 0. The highest BCUT2D eigenvalue weighted by atomic mass is 19.4. The SMILES string of the molecule is COCOCc1ccc(CN2C(=O)N(c3cccc(C(F)(F)F)c3)C(C)=C(C#N)C2c2ccc(C#N)cc2)o1. The van der Waals surface area contributed by atoms with Gasteiger partial charge in [0, 0.05) is 12.8 Å². The van der Waals surface area contributed by atoms with Gasteiger partial charge in [-0.05, 0) is 55.0 Å². The first kappa shape index (κ1) is 27.5. The fourth-order valence-corrected chi connectivity index (χ4v) is 4.35. The minimum atomic E-state index is -4.62. The van der Waals surface area contributed by atoms with Crippen molar-refractivity contribution < 1.29 is 31.9 Å². The monoisotopic (exact) mass is 536 g/mol. The van der Waals surface area contributed by atoms with Crippen LogP contribution < -0.4 is 4.90 Å². The van der Waals surface area contributed by atoms with Crippen LogP contribution in [0.3, 0.4) is 0 Å². The number of alkyl halides is 3. The van der Waals surface area contributed by atoms with Gasteiger partial charge in [-0.2, -0.15) is 23.7 Å². The number of carbonyl (C=O) groups excluding carboxylic acids is 1. The average molecular weight is 537 g/mol. The summed E-state index contributed by atoms with van der Waals surface area (Å²) in [4.78, 5) is 16.4. The third-order valence-corrected chi connectivity index (χ3v) is 6.14. The largest absolute Gasteiger partial charge is 0.462 e. The van der Waals surface area contributed by atoms with E-state index in [1.807, 2.05) is 6.07 Å². The maximum absolute atomic E-state index is 14.0. The highest BCUT2D eigenvalue weighted by Gasteiger charge is 2.41. The minimum Gasteiger partial charge on any atom is -0.462 e. The molecule has 0 N–H and O–H groups in total. The molecular weight excluding hydrogens is 513 g/mol. The summed E-state index contributed by atoms with van der Waals surface area (Å²) in [5.41, 5.74) is 0.344. The lowest BCUT2D eigenvalue weighted by Gasteiger charge is -2.41. The molecule has 1 atom stereocenters. The van der Waals surface area contributed by atoms with Crippen LogP contribution in [0.2, 0.25) is 0 Å². The van der Waals surface area contributed by atoms with Crippen LogP contribution in [0.15, 0.2) is 76.4 Å². The van der Waals surface area contributed by atoms with Crippen molar-refractivity contribution in [2.75, 3.05) is 18.8 Å². The van der Waals surface area contributed by atoms with Gasteiger partial charge in [0.1, 0.15) is 24.9 Å². The van der Waals surface area contributed by atoms with Crippen LogP contribution in [-0.2, 0) is 28.8 Å². The molecule has 0 saturated heterocycles. The van der Waals surface area contributed by atoms with E-state index < -0.39 is 23.8 Å². The van der Waals surface area contributed by atoms with Gasteiger partial charge in [0.25, 0.3) is 0 Å². The Morgan fingerprint density at radius 3 is 2.38 bits per heavy atom. The third kappa shape index (κ3) is 5.80. The van der Waals surface area contributed by atoms with E-state index in [2.05, 4.69) is 6.07 Å². The van der Waals surface area contributed by atoms with Gasteiger partial charge >= 0.3 is 12.2 Å². The number of ether oxygens (including phenoxy) is 2. The number of amides is 2. The van der Waals surface area contributed by atoms with E-state index in [0.29, 0.717) is 22.6 Å². The summed E-state index contributed by atoms with van der Waals surface area (Å²) < 4.78 is 56.4. The van der Waals surface area contributed by atoms with E-state index in [1.165, 1.54) is 31.1 Å². The summed E-state index contributed by atoms with van der Waals surface area (Å²) in [7, 11) is 1.48. The summed E-state index contributed by atoms with van der Waals surface area (Å²) in [6, 6.07) is 16.8. The van der Waals surface area contributed by atoms with Crippen molar-refractivity contribution >= 4 is 11.7 Å². The van der Waals surface area contributed by atoms with Crippen molar-refractivity contribution in [2.45, 2.75) is 32.3 Å². The van der Waals surface area contributed by atoms with Gasteiger partial charge in [-0.25, -0.2) is 4.79 Å². The summed E-state index contributed by atoms with van der Waals surface area (Å²) in [5.74, 6) is 0.849. The summed E-state index contributed by atoms with van der Waals surface area (Å²) in [6.07, 6.45) is -4.62. The zero-order valence-corrected chi connectivity index (χ0v) is 21.0. The van der Waals surface area contributed by atoms with Crippen LogP contribution in [0.1, 0.15) is 41.2 Å². The van der Waals surface area contributed by atoms with Crippen LogP contribution in [0.25, 0.3) is 0 Å². The van der Waals surface area contributed by atoms with E-state index in [0.717, 1.165) is 17.0 Å². The molecule has 1 aliphatic rings. The van der Waals surface area contributed by atoms with Crippen LogP contribution in [0.5, 0.6) is 0 Å². The normalized spacial score (nSPS) is 15.9. The maximum Gasteiger partial charge on any atom is 0.416 e. The number of allylic oxidation sites excluding steroid dienone is 1. The number of methoxy groups -OCH3 is 1. The molecule has 0 bridgehead atoms. The fourth-order valence-electron chi connectivity index (χ4n) is 4.35. The second kappa shape index (κ2) is 11.4. The predicted molar refractivity (Wildman–Crippen MR) is 132 cm³/mol. The van der Waals surface area contributed by atoms with Gasteiger partial charge in [-0.3, -0.25) is 4.90 Å². The van der Waals surface area contributed by atoms with Gasteiger partial charge in [0.15, 0.2) is 0 Å². The predicted octanol–water partition coefficient (Wildman–Crippen LogP) is 6.27. The summed E-state index contributed by atoms with van der Waals surface area (Å²) in [6.45, 7) is 1.60. The molecule has 1 aliphatic heterocycles. The first-order valence-electron chi connectivity index (χ1n) is 11.7. The number of carbonyl (C=O) groups is 1. The number of anilines is 1. The molecule has 0 fully saturated rings. The number of urea groups is 1. The first-order chi connectivity index (χ1) is 18.7. The van der Waals surface area contributed by atoms with E-state index in [9.17, 15) is 28.5 Å². The molecule has 0 spiro atoms. The van der Waals surface area contributed by atoms with Crippen molar-refractivity contribution in [1.82, 2.24) is 4.90 Å². The first-order valence-corrected chi connectivity index (χ1v) is 11.7. The highest BCUT2D eigenvalue weighted by Crippen LogP contribution is 2.41. The molecular formula is C28H23F3N4O4. The zero-order valence-electron chi connectivity index (χ0n) is 21.0. The average Bonchev–Trinajstić information content (AvgIpc) is 3.37. The number of benzene rings is 2. The molecule has 11 heteroatoms. The molecule has 39 heavy (non-hydrogen) atoms. The molecule has 3 aromatic rings. The molecule has 2 aromatic carbocycles. The van der Waals surface area contributed by atoms with Crippen molar-refractivity contribution in [3.8, 4) is 12.1 Å². The number of nitrogens with zero attached hydrogens (tertiary/aromatic N) is 4. The Kier molecular flexibility index (Phi) is 8.05. The Bertz CT molecular complexity index is 1470. The molecule has 2 heterocycles. The zero-order chi connectivity index (χ0) is 28.2. The van der Waals surface area contributed by atoms with E-state index >= 15 is 0 Å². The van der Waals surface area contributed by atoms with E-state index in [1.54, 1.807) is 36.4 Å². The summed E-state index contributed by atoms with van der Waals surface area (Å²) >= 11 is 0. The Balaban J connectivity index is 1.80. The second-order valence-electron chi connectivity index (χ2n) is 8.66. The Morgan fingerprint density at radius 2 is 1.74 bits per heavy atom. The third-order valence-electron chi connectivity index (χ3n) is 6.14. The standard InChI is InChI=1S/C28H23F3N4O4/c1-18-25(14-33)26(20-8-6-19(13-32)7-9-20)34(15-23-10-11-24(39-23)16-38-17-37-2)27(36)35(18)22-5-3-4-21(12-22)28(29,30)31/h3-12,26H,15-17H2,1-2H3. The lowest BCUT2D eigenvalue weighted by molar-refractivity contribution is -0.137. The second-order valence-corrected chi connectivity index (χ2v) is 8.66. The number of halogens is 3. The van der Waals surface area contributed by atoms with Crippen LogP contribution >= 0.6 is 0 Å². The van der Waals surface area contributed by atoms with E-state index in [4.69, 9.17) is 13.9 Å². The Morgan fingerprint density at radius 1 is 1.03 bits per heavy atom. The van der Waals surface area contributed by atoms with Crippen molar-refractivity contribution in [1.29, 1.82) is 10.5 Å². The molecule has 2 amide bonds. The number of furan rings is 1. The molecule has 1 aromatic heterocycles. The van der Waals surface area contributed by atoms with Gasteiger partial charge in [-0.15, -0.1) is 0 Å². The summed E-state index contributed by atoms with van der Waals surface area (Å²) in [5, 5.41) is 19.4. The number of rotatable bonds is 8. The van der Waals surface area contributed by atoms with Crippen molar-refractivity contribution in [3.05, 3.63) is 100 Å². The molecule has 0 saturated carbocycles. The highest BCUT2D eigenvalue weighted by molar-refractivity contribution is 5.97. The minimum absolute atomic E-state index is 0.0311. The van der Waals surface area contributed by atoms with Crippen LogP contribution in [-0.4, -0.2) is 24.8 Å². The van der Waals surface area contributed by atoms with Gasteiger partial charge in [0.05, 0.1) is 47.1 Å². The van der Waals surface area contributed by atoms with E-state index in [-0.39, 0.29) is 36.9 Å². The molecule has 1 unspecified atom stereocenters. The van der Waals surface area contributed by atoms with Gasteiger partial charge in [-0.1, -0.05) is 18.2 Å². The lowest BCUT2D eigenvalue weighted by Crippen LogP contribution is -2.49. The van der Waals surface area contributed by atoms with Gasteiger partial charge < -0.3 is 18.8 Å².